The van der Waals surface area contributed by atoms with Crippen molar-refractivity contribution in [2.24, 2.45) is 0 Å². The Bertz CT molecular complexity index is 911. The molecule has 0 aliphatic carbocycles. The summed E-state index contributed by atoms with van der Waals surface area (Å²) in [6.45, 7) is -0.184. The van der Waals surface area contributed by atoms with Crippen LogP contribution in [-0.4, -0.2) is 36.9 Å². The summed E-state index contributed by atoms with van der Waals surface area (Å²) in [4.78, 5) is 1.08. The summed E-state index contributed by atoms with van der Waals surface area (Å²) >= 11 is 1.65. The van der Waals surface area contributed by atoms with Gasteiger partial charge in [-0.3, -0.25) is 0 Å². The van der Waals surface area contributed by atoms with Crippen LogP contribution in [0.4, 0.5) is 4.39 Å². The van der Waals surface area contributed by atoms with E-state index in [1.807, 2.05) is 18.2 Å². The molecule has 0 spiro atoms. The van der Waals surface area contributed by atoms with E-state index in [1.54, 1.807) is 23.5 Å². The second kappa shape index (κ2) is 7.72. The summed E-state index contributed by atoms with van der Waals surface area (Å²) in [6, 6.07) is 15.0. The lowest BCUT2D eigenvalue weighted by molar-refractivity contribution is -0.112. The first-order valence-corrected chi connectivity index (χ1v) is 9.82. The third kappa shape index (κ3) is 3.80. The van der Waals surface area contributed by atoms with E-state index in [2.05, 4.69) is 12.1 Å². The number of aliphatic hydroxyl groups is 2. The van der Waals surface area contributed by atoms with Crippen LogP contribution in [0.2, 0.25) is 5.82 Å². The molecule has 27 heavy (non-hydrogen) atoms. The van der Waals surface area contributed by atoms with E-state index in [0.717, 1.165) is 15.8 Å². The Balaban J connectivity index is 1.62. The molecule has 2 heterocycles. The normalized spacial score (nSPS) is 25.7. The van der Waals surface area contributed by atoms with Gasteiger partial charge in [0.1, 0.15) is 5.82 Å². The van der Waals surface area contributed by atoms with Crippen LogP contribution >= 0.6 is 11.3 Å². The Hall–Kier alpha value is -1.73. The van der Waals surface area contributed by atoms with Crippen LogP contribution in [0.15, 0.2) is 48.5 Å². The molecule has 0 saturated carbocycles. The standard InChI is InChI=1S/C21H20BFO3S/c22-20-18(25)10-15(11-24)26-21(20)13-5-6-17(23)14(7-13)9-16-8-12-3-1-2-4-19(12)27-16/h1-8,15,18,20-21,24-25H,9-11H2. The Morgan fingerprint density at radius 2 is 2.00 bits per heavy atom. The fourth-order valence-corrected chi connectivity index (χ4v) is 4.71. The van der Waals surface area contributed by atoms with E-state index in [-0.39, 0.29) is 12.4 Å². The van der Waals surface area contributed by atoms with Crippen molar-refractivity contribution in [1.82, 2.24) is 0 Å². The highest BCUT2D eigenvalue weighted by Crippen LogP contribution is 2.39. The lowest BCUT2D eigenvalue weighted by Crippen LogP contribution is -2.38. The molecule has 4 unspecified atom stereocenters. The highest BCUT2D eigenvalue weighted by Gasteiger charge is 2.35. The third-order valence-corrected chi connectivity index (χ3v) is 6.20. The van der Waals surface area contributed by atoms with E-state index in [4.69, 9.17) is 12.6 Å². The molecular formula is C21H20BFO3S. The molecule has 6 heteroatoms. The van der Waals surface area contributed by atoms with Gasteiger partial charge in [-0.1, -0.05) is 24.3 Å². The van der Waals surface area contributed by atoms with Gasteiger partial charge in [-0.25, -0.2) is 4.39 Å². The number of halogens is 1. The highest BCUT2D eigenvalue weighted by atomic mass is 32.1. The zero-order valence-electron chi connectivity index (χ0n) is 14.7. The Morgan fingerprint density at radius 3 is 2.78 bits per heavy atom. The van der Waals surface area contributed by atoms with Crippen molar-refractivity contribution in [3.8, 4) is 0 Å². The maximum absolute atomic E-state index is 14.4. The number of benzene rings is 2. The smallest absolute Gasteiger partial charge is 0.126 e. The zero-order chi connectivity index (χ0) is 19.0. The molecule has 2 aromatic carbocycles. The van der Waals surface area contributed by atoms with Gasteiger partial charge in [-0.05, 0) is 46.6 Å². The molecule has 4 rings (SSSR count). The van der Waals surface area contributed by atoms with Crippen LogP contribution < -0.4 is 0 Å². The first-order valence-electron chi connectivity index (χ1n) is 9.01. The van der Waals surface area contributed by atoms with Crippen molar-refractivity contribution in [1.29, 1.82) is 0 Å². The molecule has 1 aliphatic heterocycles. The summed E-state index contributed by atoms with van der Waals surface area (Å²) in [5, 5.41) is 20.7. The van der Waals surface area contributed by atoms with Gasteiger partial charge < -0.3 is 14.9 Å². The van der Waals surface area contributed by atoms with Crippen molar-refractivity contribution in [3.63, 3.8) is 0 Å². The molecule has 4 atom stereocenters. The van der Waals surface area contributed by atoms with Gasteiger partial charge >= 0.3 is 0 Å². The van der Waals surface area contributed by atoms with Gasteiger partial charge in [0.25, 0.3) is 0 Å². The first kappa shape index (κ1) is 18.6. The average Bonchev–Trinajstić information content (AvgIpc) is 3.08. The van der Waals surface area contributed by atoms with E-state index < -0.39 is 24.1 Å². The van der Waals surface area contributed by atoms with Crippen molar-refractivity contribution >= 4 is 29.3 Å². The topological polar surface area (TPSA) is 49.7 Å². The highest BCUT2D eigenvalue weighted by molar-refractivity contribution is 7.19. The molecule has 1 aliphatic rings. The predicted octanol–water partition coefficient (Wildman–Crippen LogP) is 3.77. The minimum atomic E-state index is -0.767. The molecular weight excluding hydrogens is 362 g/mol. The van der Waals surface area contributed by atoms with Gasteiger partial charge in [0, 0.05) is 22.4 Å². The minimum Gasteiger partial charge on any atom is -0.394 e. The summed E-state index contributed by atoms with van der Waals surface area (Å²) in [5.41, 5.74) is 1.28. The van der Waals surface area contributed by atoms with Crippen LogP contribution in [-0.2, 0) is 11.2 Å². The van der Waals surface area contributed by atoms with Gasteiger partial charge in [0.2, 0.25) is 0 Å². The number of hydrogen-bond acceptors (Lipinski definition) is 4. The number of fused-ring (bicyclic) bond motifs is 1. The fourth-order valence-electron chi connectivity index (χ4n) is 3.62. The van der Waals surface area contributed by atoms with Crippen LogP contribution in [0.25, 0.3) is 10.1 Å². The summed E-state index contributed by atoms with van der Waals surface area (Å²) in [5.74, 6) is -0.893. The lowest BCUT2D eigenvalue weighted by atomic mass is 9.72. The van der Waals surface area contributed by atoms with Gasteiger partial charge in [0.05, 0.1) is 32.8 Å². The minimum absolute atomic E-state index is 0.184. The van der Waals surface area contributed by atoms with Crippen LogP contribution in [0.5, 0.6) is 0 Å². The van der Waals surface area contributed by atoms with E-state index in [0.29, 0.717) is 18.4 Å². The molecule has 2 N–H and O–H groups in total. The molecule has 1 aromatic heterocycles. The summed E-state index contributed by atoms with van der Waals surface area (Å²) in [7, 11) is 6.11. The first-order chi connectivity index (χ1) is 13.0. The number of thiophene rings is 1. The van der Waals surface area contributed by atoms with Gasteiger partial charge in [0.15, 0.2) is 0 Å². The zero-order valence-corrected chi connectivity index (χ0v) is 15.5. The predicted molar refractivity (Wildman–Crippen MR) is 106 cm³/mol. The van der Waals surface area contributed by atoms with Crippen LogP contribution in [0.1, 0.15) is 28.5 Å². The second-order valence-electron chi connectivity index (χ2n) is 7.02. The Kier molecular flexibility index (Phi) is 5.33. The molecule has 0 amide bonds. The van der Waals surface area contributed by atoms with E-state index >= 15 is 0 Å². The maximum atomic E-state index is 14.4. The molecule has 0 bridgehead atoms. The quantitative estimate of drug-likeness (QED) is 0.676. The van der Waals surface area contributed by atoms with E-state index in [1.165, 1.54) is 10.8 Å². The van der Waals surface area contributed by atoms with Crippen LogP contribution in [0.3, 0.4) is 0 Å². The molecule has 1 saturated heterocycles. The summed E-state index contributed by atoms with van der Waals surface area (Å²) < 4.78 is 21.5. The van der Waals surface area contributed by atoms with Gasteiger partial charge in [-0.2, -0.15) is 0 Å². The lowest BCUT2D eigenvalue weighted by Gasteiger charge is -2.38. The molecule has 2 radical (unpaired) electrons. The number of hydrogen-bond donors (Lipinski definition) is 2. The Morgan fingerprint density at radius 1 is 1.19 bits per heavy atom. The van der Waals surface area contributed by atoms with Crippen molar-refractivity contribution in [2.45, 2.75) is 37.0 Å². The summed E-state index contributed by atoms with van der Waals surface area (Å²) in [6.07, 6.45) is -1.04. The molecule has 3 nitrogen and oxygen atoms in total. The monoisotopic (exact) mass is 382 g/mol. The molecule has 3 aromatic rings. The third-order valence-electron chi connectivity index (χ3n) is 5.08. The second-order valence-corrected chi connectivity index (χ2v) is 8.19. The molecule has 1 fully saturated rings. The van der Waals surface area contributed by atoms with E-state index in [9.17, 15) is 14.6 Å². The largest absolute Gasteiger partial charge is 0.394 e. The molecule has 138 valence electrons. The number of ether oxygens (including phenoxy) is 1. The SMILES string of the molecule is [B]C1C(O)CC(CO)OC1c1ccc(F)c(Cc2cc3ccccc3s2)c1. The van der Waals surface area contributed by atoms with Gasteiger partial charge in [-0.15, -0.1) is 11.3 Å². The van der Waals surface area contributed by atoms with Crippen LogP contribution in [0, 0.1) is 5.82 Å². The number of rotatable bonds is 4. The number of aliphatic hydroxyl groups excluding tert-OH is 2. The maximum Gasteiger partial charge on any atom is 0.126 e. The fraction of sp³-hybridized carbons (Fsp3) is 0.333. The Labute approximate surface area is 162 Å². The van der Waals surface area contributed by atoms with Crippen molar-refractivity contribution in [2.75, 3.05) is 6.61 Å². The van der Waals surface area contributed by atoms with Crippen molar-refractivity contribution in [3.05, 3.63) is 70.4 Å². The average molecular weight is 382 g/mol. The van der Waals surface area contributed by atoms with Crippen molar-refractivity contribution < 1.29 is 19.3 Å².